The highest BCUT2D eigenvalue weighted by Gasteiger charge is 2.38. The molecule has 0 spiro atoms. The number of carbonyl (C=O) groups is 3. The van der Waals surface area contributed by atoms with Gasteiger partial charge in [-0.3, -0.25) is 14.6 Å². The number of nitrogens with one attached hydrogen (secondary N) is 1. The molecule has 112 valence electrons. The summed E-state index contributed by atoms with van der Waals surface area (Å²) in [7, 11) is 1.52. The number of aromatic nitrogens is 1. The largest absolute Gasteiger partial charge is 0.480 e. The molecule has 0 radical (unpaired) electrons. The van der Waals surface area contributed by atoms with E-state index in [0.717, 1.165) is 0 Å². The molecule has 7 heteroatoms. The fourth-order valence-corrected chi connectivity index (χ4v) is 2.51. The van der Waals surface area contributed by atoms with Crippen LogP contribution in [0.5, 0.6) is 0 Å². The molecule has 1 saturated heterocycles. The van der Waals surface area contributed by atoms with Gasteiger partial charge >= 0.3 is 5.97 Å². The summed E-state index contributed by atoms with van der Waals surface area (Å²) in [5, 5.41) is 11.8. The summed E-state index contributed by atoms with van der Waals surface area (Å²) < 4.78 is 0. The Labute approximate surface area is 122 Å². The van der Waals surface area contributed by atoms with E-state index in [9.17, 15) is 19.5 Å². The monoisotopic (exact) mass is 291 g/mol. The minimum atomic E-state index is -1.06. The minimum absolute atomic E-state index is 0.0893. The molecular formula is C14H17N3O4. The number of hydrogen-bond donors (Lipinski definition) is 2. The van der Waals surface area contributed by atoms with Crippen molar-refractivity contribution < 1.29 is 19.5 Å². The van der Waals surface area contributed by atoms with Crippen molar-refractivity contribution in [2.24, 2.45) is 5.92 Å². The molecule has 2 heterocycles. The number of pyridine rings is 1. The highest BCUT2D eigenvalue weighted by Crippen LogP contribution is 2.24. The zero-order valence-electron chi connectivity index (χ0n) is 11.7. The fraction of sp³-hybridized carbons (Fsp3) is 0.429. The van der Waals surface area contributed by atoms with Gasteiger partial charge in [0, 0.05) is 19.8 Å². The Hall–Kier alpha value is -2.44. The van der Waals surface area contributed by atoms with Gasteiger partial charge in [0.2, 0.25) is 5.91 Å². The lowest BCUT2D eigenvalue weighted by Crippen LogP contribution is -2.53. The van der Waals surface area contributed by atoms with Crippen LogP contribution in [-0.2, 0) is 9.59 Å². The summed E-state index contributed by atoms with van der Waals surface area (Å²) in [5.74, 6) is -2.10. The summed E-state index contributed by atoms with van der Waals surface area (Å²) in [6, 6.07) is 3.95. The summed E-state index contributed by atoms with van der Waals surface area (Å²) in [4.78, 5) is 40.7. The molecule has 2 atom stereocenters. The molecule has 7 nitrogen and oxygen atoms in total. The second kappa shape index (κ2) is 6.34. The lowest BCUT2D eigenvalue weighted by Gasteiger charge is -2.36. The summed E-state index contributed by atoms with van der Waals surface area (Å²) >= 11 is 0. The van der Waals surface area contributed by atoms with Crippen LogP contribution in [0.1, 0.15) is 23.3 Å². The van der Waals surface area contributed by atoms with E-state index in [4.69, 9.17) is 0 Å². The van der Waals surface area contributed by atoms with E-state index < -0.39 is 23.8 Å². The van der Waals surface area contributed by atoms with Crippen LogP contribution in [0.4, 0.5) is 0 Å². The van der Waals surface area contributed by atoms with Crippen molar-refractivity contribution >= 4 is 17.8 Å². The molecule has 1 fully saturated rings. The van der Waals surface area contributed by atoms with Crippen molar-refractivity contribution in [1.82, 2.24) is 15.2 Å². The third-order valence-corrected chi connectivity index (χ3v) is 3.63. The van der Waals surface area contributed by atoms with Crippen LogP contribution in [0.25, 0.3) is 0 Å². The van der Waals surface area contributed by atoms with Crippen molar-refractivity contribution in [3.63, 3.8) is 0 Å². The predicted octanol–water partition coefficient (Wildman–Crippen LogP) is 0.133. The van der Waals surface area contributed by atoms with Gasteiger partial charge in [0.15, 0.2) is 0 Å². The Kier molecular flexibility index (Phi) is 4.52. The van der Waals surface area contributed by atoms with Gasteiger partial charge in [0.25, 0.3) is 5.91 Å². The number of likely N-dealkylation sites (tertiary alicyclic amines) is 1. The van der Waals surface area contributed by atoms with Crippen LogP contribution in [0.2, 0.25) is 0 Å². The maximum atomic E-state index is 12.4. The van der Waals surface area contributed by atoms with Gasteiger partial charge in [0.05, 0.1) is 5.92 Å². The average Bonchev–Trinajstić information content (AvgIpc) is 2.53. The molecule has 2 rings (SSSR count). The van der Waals surface area contributed by atoms with Crippen LogP contribution in [-0.4, -0.2) is 52.4 Å². The Morgan fingerprint density at radius 2 is 2.10 bits per heavy atom. The smallest absolute Gasteiger partial charge is 0.326 e. The lowest BCUT2D eigenvalue weighted by atomic mass is 9.91. The molecule has 2 N–H and O–H groups in total. The van der Waals surface area contributed by atoms with E-state index in [2.05, 4.69) is 10.3 Å². The van der Waals surface area contributed by atoms with Crippen molar-refractivity contribution in [3.8, 4) is 0 Å². The second-order valence-corrected chi connectivity index (χ2v) is 4.92. The van der Waals surface area contributed by atoms with Crippen LogP contribution in [0, 0.1) is 5.92 Å². The molecule has 0 aromatic carbocycles. The van der Waals surface area contributed by atoms with E-state index >= 15 is 0 Å². The molecule has 1 aliphatic rings. The number of carbonyl (C=O) groups excluding carboxylic acids is 2. The average molecular weight is 291 g/mol. The van der Waals surface area contributed by atoms with Crippen LogP contribution in [0.3, 0.4) is 0 Å². The molecule has 1 aromatic heterocycles. The standard InChI is InChI=1S/C14H17N3O4/c1-15-12(18)9-5-6-11(14(20)21)17(8-9)13(19)10-4-2-3-7-16-10/h2-4,7,9,11H,5-6,8H2,1H3,(H,15,18)(H,20,21)/t9-,11-/m0/s1. The van der Waals surface area contributed by atoms with E-state index in [1.165, 1.54) is 24.2 Å². The molecule has 21 heavy (non-hydrogen) atoms. The predicted molar refractivity (Wildman–Crippen MR) is 73.5 cm³/mol. The third-order valence-electron chi connectivity index (χ3n) is 3.63. The first-order chi connectivity index (χ1) is 10.0. The molecule has 0 saturated carbocycles. The van der Waals surface area contributed by atoms with Crippen LogP contribution < -0.4 is 5.32 Å². The van der Waals surface area contributed by atoms with Gasteiger partial charge in [-0.25, -0.2) is 4.79 Å². The second-order valence-electron chi connectivity index (χ2n) is 4.92. The Morgan fingerprint density at radius 3 is 2.67 bits per heavy atom. The number of rotatable bonds is 3. The van der Waals surface area contributed by atoms with Crippen LogP contribution in [0.15, 0.2) is 24.4 Å². The van der Waals surface area contributed by atoms with Gasteiger partial charge in [-0.05, 0) is 25.0 Å². The Balaban J connectivity index is 2.24. The number of carboxylic acids is 1. The normalized spacial score (nSPS) is 21.7. The van der Waals surface area contributed by atoms with Crippen LogP contribution >= 0.6 is 0 Å². The van der Waals surface area contributed by atoms with Crippen molar-refractivity contribution in [1.29, 1.82) is 0 Å². The number of nitrogens with zero attached hydrogens (tertiary/aromatic N) is 2. The van der Waals surface area contributed by atoms with E-state index in [1.807, 2.05) is 0 Å². The Morgan fingerprint density at radius 1 is 1.33 bits per heavy atom. The number of amides is 2. The van der Waals surface area contributed by atoms with E-state index in [0.29, 0.717) is 6.42 Å². The van der Waals surface area contributed by atoms with Gasteiger partial charge < -0.3 is 15.3 Å². The number of piperidine rings is 1. The fourth-order valence-electron chi connectivity index (χ4n) is 2.51. The molecule has 1 aliphatic heterocycles. The zero-order chi connectivity index (χ0) is 15.4. The highest BCUT2D eigenvalue weighted by atomic mass is 16.4. The van der Waals surface area contributed by atoms with Gasteiger partial charge in [-0.2, -0.15) is 0 Å². The third kappa shape index (κ3) is 3.18. The minimum Gasteiger partial charge on any atom is -0.480 e. The van der Waals surface area contributed by atoms with Crippen molar-refractivity contribution in [2.45, 2.75) is 18.9 Å². The van der Waals surface area contributed by atoms with Crippen molar-refractivity contribution in [2.75, 3.05) is 13.6 Å². The first-order valence-electron chi connectivity index (χ1n) is 6.71. The molecule has 1 aromatic rings. The van der Waals surface area contributed by atoms with Crippen molar-refractivity contribution in [3.05, 3.63) is 30.1 Å². The van der Waals surface area contributed by atoms with E-state index in [-0.39, 0.29) is 24.6 Å². The van der Waals surface area contributed by atoms with Gasteiger partial charge in [-0.1, -0.05) is 6.07 Å². The highest BCUT2D eigenvalue weighted by molar-refractivity contribution is 5.95. The number of hydrogen-bond acceptors (Lipinski definition) is 4. The first-order valence-corrected chi connectivity index (χ1v) is 6.71. The van der Waals surface area contributed by atoms with Gasteiger partial charge in [-0.15, -0.1) is 0 Å². The molecule has 0 aliphatic carbocycles. The summed E-state index contributed by atoms with van der Waals surface area (Å²) in [6.45, 7) is 0.0893. The Bertz CT molecular complexity index is 546. The number of aliphatic carboxylic acids is 1. The van der Waals surface area contributed by atoms with E-state index in [1.54, 1.807) is 12.1 Å². The topological polar surface area (TPSA) is 99.6 Å². The molecular weight excluding hydrogens is 274 g/mol. The SMILES string of the molecule is CNC(=O)[C@H]1CC[C@@H](C(=O)O)N(C(=O)c2ccccn2)C1. The zero-order valence-corrected chi connectivity index (χ0v) is 11.7. The quantitative estimate of drug-likeness (QED) is 0.824. The lowest BCUT2D eigenvalue weighted by molar-refractivity contribution is -0.145. The maximum absolute atomic E-state index is 12.4. The summed E-state index contributed by atoms with van der Waals surface area (Å²) in [6.07, 6.45) is 2.18. The maximum Gasteiger partial charge on any atom is 0.326 e. The molecule has 0 unspecified atom stereocenters. The molecule has 0 bridgehead atoms. The van der Waals surface area contributed by atoms with Gasteiger partial charge in [0.1, 0.15) is 11.7 Å². The molecule has 2 amide bonds. The summed E-state index contributed by atoms with van der Waals surface area (Å²) in [5.41, 5.74) is 0.182. The number of carboxylic acid groups (broad SMARTS) is 1. The first kappa shape index (κ1) is 15.0.